The van der Waals surface area contributed by atoms with Crippen LogP contribution in [-0.2, 0) is 14.3 Å². The molecular formula is C20H29N3O3. The summed E-state index contributed by atoms with van der Waals surface area (Å²) in [5.74, 6) is -0.649. The molecule has 0 radical (unpaired) electrons. The lowest BCUT2D eigenvalue weighted by Gasteiger charge is -2.28. The minimum absolute atomic E-state index is 0.256. The second kappa shape index (κ2) is 7.91. The number of carbonyl (C=O) groups excluding carboxylic acids is 2. The van der Waals surface area contributed by atoms with E-state index >= 15 is 0 Å². The van der Waals surface area contributed by atoms with E-state index in [2.05, 4.69) is 10.3 Å². The quantitative estimate of drug-likeness (QED) is 0.662. The molecule has 1 aromatic carbocycles. The predicted octanol–water partition coefficient (Wildman–Crippen LogP) is 3.04. The Labute approximate surface area is 154 Å². The lowest BCUT2D eigenvalue weighted by Crippen LogP contribution is -2.47. The maximum absolute atomic E-state index is 12.8. The number of primary amides is 1. The molecule has 0 spiro atoms. The van der Waals surface area contributed by atoms with E-state index in [0.29, 0.717) is 6.42 Å². The van der Waals surface area contributed by atoms with Gasteiger partial charge in [0.2, 0.25) is 5.91 Å². The Hall–Kier alpha value is -2.34. The van der Waals surface area contributed by atoms with Gasteiger partial charge in [-0.05, 0) is 62.3 Å². The van der Waals surface area contributed by atoms with Crippen LogP contribution in [0.1, 0.15) is 52.6 Å². The van der Waals surface area contributed by atoms with Crippen molar-refractivity contribution in [1.82, 2.24) is 10.3 Å². The van der Waals surface area contributed by atoms with E-state index in [0.717, 1.165) is 16.5 Å². The summed E-state index contributed by atoms with van der Waals surface area (Å²) < 4.78 is 5.57. The number of hydrogen-bond acceptors (Lipinski definition) is 4. The fourth-order valence-corrected chi connectivity index (χ4v) is 2.85. The monoisotopic (exact) mass is 359 g/mol. The number of carbonyl (C=O) groups is 2. The molecule has 0 aliphatic heterocycles. The third-order valence-electron chi connectivity index (χ3n) is 3.97. The predicted molar refractivity (Wildman–Crippen MR) is 102 cm³/mol. The van der Waals surface area contributed by atoms with E-state index in [9.17, 15) is 9.59 Å². The summed E-state index contributed by atoms with van der Waals surface area (Å²) >= 11 is 0. The van der Waals surface area contributed by atoms with Crippen molar-refractivity contribution in [2.24, 2.45) is 11.7 Å². The molecule has 1 amide bonds. The highest BCUT2D eigenvalue weighted by atomic mass is 16.6. The van der Waals surface area contributed by atoms with Crippen LogP contribution in [0.3, 0.4) is 0 Å². The Bertz CT molecular complexity index is 774. The average molecular weight is 359 g/mol. The second-order valence-electron chi connectivity index (χ2n) is 8.04. The van der Waals surface area contributed by atoms with Gasteiger partial charge < -0.3 is 15.5 Å². The number of aromatic nitrogens is 1. The molecule has 26 heavy (non-hydrogen) atoms. The molecule has 0 aliphatic rings. The average Bonchev–Trinajstić information content (AvgIpc) is 2.96. The van der Waals surface area contributed by atoms with Crippen molar-refractivity contribution in [2.45, 2.75) is 58.7 Å². The maximum Gasteiger partial charge on any atom is 0.328 e. The van der Waals surface area contributed by atoms with E-state index in [1.54, 1.807) is 0 Å². The summed E-state index contributed by atoms with van der Waals surface area (Å²) in [5.41, 5.74) is 6.64. The summed E-state index contributed by atoms with van der Waals surface area (Å²) in [6.07, 6.45) is 2.39. The number of nitrogens with two attached hydrogens (primary N) is 1. The van der Waals surface area contributed by atoms with Crippen molar-refractivity contribution in [3.8, 4) is 0 Å². The Kier molecular flexibility index (Phi) is 6.08. The largest absolute Gasteiger partial charge is 0.459 e. The molecule has 2 atom stereocenters. The summed E-state index contributed by atoms with van der Waals surface area (Å²) in [6.45, 7) is 9.46. The molecule has 4 N–H and O–H groups in total. The van der Waals surface area contributed by atoms with Crippen LogP contribution in [0.2, 0.25) is 0 Å². The lowest BCUT2D eigenvalue weighted by molar-refractivity contribution is -0.158. The molecule has 6 nitrogen and oxygen atoms in total. The van der Waals surface area contributed by atoms with Gasteiger partial charge in [-0.25, -0.2) is 4.79 Å². The SMILES string of the molecule is CC(C)CC(NC(C(=O)OC(C)(C)C)c1ccc2[nH]ccc2c1)C(N)=O. The van der Waals surface area contributed by atoms with Crippen LogP contribution in [0.4, 0.5) is 0 Å². The first-order valence-corrected chi connectivity index (χ1v) is 8.92. The van der Waals surface area contributed by atoms with Crippen LogP contribution in [-0.4, -0.2) is 28.5 Å². The summed E-state index contributed by atoms with van der Waals surface area (Å²) in [4.78, 5) is 27.8. The number of fused-ring (bicyclic) bond motifs is 1. The molecule has 0 aliphatic carbocycles. The fourth-order valence-electron chi connectivity index (χ4n) is 2.85. The van der Waals surface area contributed by atoms with Gasteiger partial charge >= 0.3 is 5.97 Å². The number of H-pyrrole nitrogens is 1. The molecule has 1 heterocycles. The van der Waals surface area contributed by atoms with E-state index in [4.69, 9.17) is 10.5 Å². The number of amides is 1. The summed E-state index contributed by atoms with van der Waals surface area (Å²) in [7, 11) is 0. The molecular weight excluding hydrogens is 330 g/mol. The number of aromatic amines is 1. The zero-order valence-corrected chi connectivity index (χ0v) is 16.1. The first-order valence-electron chi connectivity index (χ1n) is 8.92. The van der Waals surface area contributed by atoms with Crippen molar-refractivity contribution < 1.29 is 14.3 Å². The lowest BCUT2D eigenvalue weighted by atomic mass is 9.99. The zero-order valence-electron chi connectivity index (χ0n) is 16.1. The number of esters is 1. The van der Waals surface area contributed by atoms with Crippen molar-refractivity contribution in [1.29, 1.82) is 0 Å². The van der Waals surface area contributed by atoms with Crippen molar-refractivity contribution in [3.05, 3.63) is 36.0 Å². The van der Waals surface area contributed by atoms with Crippen molar-refractivity contribution in [2.75, 3.05) is 0 Å². The van der Waals surface area contributed by atoms with Gasteiger partial charge in [0.15, 0.2) is 0 Å². The molecule has 0 saturated carbocycles. The first-order chi connectivity index (χ1) is 12.1. The Morgan fingerprint density at radius 2 is 1.92 bits per heavy atom. The van der Waals surface area contributed by atoms with E-state index < -0.39 is 29.6 Å². The van der Waals surface area contributed by atoms with Crippen LogP contribution in [0.5, 0.6) is 0 Å². The third-order valence-corrected chi connectivity index (χ3v) is 3.97. The molecule has 2 rings (SSSR count). The molecule has 6 heteroatoms. The first kappa shape index (κ1) is 20.0. The van der Waals surface area contributed by atoms with Crippen LogP contribution in [0.15, 0.2) is 30.5 Å². The number of ether oxygens (including phenoxy) is 1. The highest BCUT2D eigenvalue weighted by Crippen LogP contribution is 2.24. The van der Waals surface area contributed by atoms with E-state index in [1.807, 2.05) is 65.1 Å². The highest BCUT2D eigenvalue weighted by molar-refractivity contribution is 5.85. The van der Waals surface area contributed by atoms with E-state index in [1.165, 1.54) is 0 Å². The van der Waals surface area contributed by atoms with Gasteiger partial charge in [0.05, 0.1) is 6.04 Å². The minimum atomic E-state index is -0.773. The maximum atomic E-state index is 12.8. The Morgan fingerprint density at radius 1 is 1.23 bits per heavy atom. The van der Waals surface area contributed by atoms with Gasteiger partial charge in [0.25, 0.3) is 0 Å². The van der Waals surface area contributed by atoms with Gasteiger partial charge in [0, 0.05) is 11.7 Å². The Morgan fingerprint density at radius 3 is 2.50 bits per heavy atom. The number of benzene rings is 1. The van der Waals surface area contributed by atoms with Crippen molar-refractivity contribution in [3.63, 3.8) is 0 Å². The zero-order chi connectivity index (χ0) is 19.5. The molecule has 1 aromatic heterocycles. The number of nitrogens with one attached hydrogen (secondary N) is 2. The minimum Gasteiger partial charge on any atom is -0.459 e. The number of hydrogen-bond donors (Lipinski definition) is 3. The molecule has 0 fully saturated rings. The standard InChI is InChI=1S/C20H29N3O3/c1-12(2)10-16(18(21)24)23-17(19(25)26-20(3,4)5)14-6-7-15-13(11-14)8-9-22-15/h6-9,11-12,16-17,22-23H,10H2,1-5H3,(H2,21,24). The molecule has 2 unspecified atom stereocenters. The fraction of sp³-hybridized carbons (Fsp3) is 0.500. The van der Waals surface area contributed by atoms with Gasteiger partial charge in [0.1, 0.15) is 11.6 Å². The Balaban J connectivity index is 2.36. The number of rotatable bonds is 7. The summed E-state index contributed by atoms with van der Waals surface area (Å²) in [6, 6.07) is 6.23. The van der Waals surface area contributed by atoms with Crippen LogP contribution in [0.25, 0.3) is 10.9 Å². The topological polar surface area (TPSA) is 97.2 Å². The molecule has 142 valence electrons. The van der Waals surface area contributed by atoms with Gasteiger partial charge in [-0.3, -0.25) is 10.1 Å². The second-order valence-corrected chi connectivity index (χ2v) is 8.04. The van der Waals surface area contributed by atoms with Gasteiger partial charge in [-0.15, -0.1) is 0 Å². The molecule has 2 aromatic rings. The van der Waals surface area contributed by atoms with Crippen molar-refractivity contribution >= 4 is 22.8 Å². The normalized spacial score (nSPS) is 14.4. The third kappa shape index (κ3) is 5.33. The van der Waals surface area contributed by atoms with Gasteiger partial charge in [-0.1, -0.05) is 19.9 Å². The molecule has 0 bridgehead atoms. The smallest absolute Gasteiger partial charge is 0.328 e. The van der Waals surface area contributed by atoms with Crippen LogP contribution in [0, 0.1) is 5.92 Å². The van der Waals surface area contributed by atoms with Crippen LogP contribution < -0.4 is 11.1 Å². The van der Waals surface area contributed by atoms with Crippen LogP contribution >= 0.6 is 0 Å². The summed E-state index contributed by atoms with van der Waals surface area (Å²) in [5, 5.41) is 4.10. The van der Waals surface area contributed by atoms with E-state index in [-0.39, 0.29) is 5.92 Å². The molecule has 0 saturated heterocycles. The highest BCUT2D eigenvalue weighted by Gasteiger charge is 2.31. The van der Waals surface area contributed by atoms with Gasteiger partial charge in [-0.2, -0.15) is 0 Å².